The summed E-state index contributed by atoms with van der Waals surface area (Å²) in [6.45, 7) is 0. The Kier molecular flexibility index (Phi) is 3.87. The minimum atomic E-state index is -0.498. The van der Waals surface area contributed by atoms with E-state index >= 15 is 0 Å². The van der Waals surface area contributed by atoms with Gasteiger partial charge in [0.05, 0.1) is 17.8 Å². The number of benzene rings is 1. The van der Waals surface area contributed by atoms with Gasteiger partial charge in [0, 0.05) is 17.6 Å². The number of anilines is 3. The number of carbonyl (C=O) groups is 1. The average Bonchev–Trinajstić information content (AvgIpc) is 2.42. The van der Waals surface area contributed by atoms with E-state index in [0.29, 0.717) is 22.1 Å². The molecule has 0 bridgehead atoms. The first-order valence-corrected chi connectivity index (χ1v) is 5.84. The summed E-state index contributed by atoms with van der Waals surface area (Å²) in [4.78, 5) is 15.3. The molecule has 6 heteroatoms. The summed E-state index contributed by atoms with van der Waals surface area (Å²) in [7, 11) is 1.30. The van der Waals surface area contributed by atoms with Gasteiger partial charge in [-0.3, -0.25) is 0 Å². The molecule has 0 spiro atoms. The summed E-state index contributed by atoms with van der Waals surface area (Å²) in [6, 6.07) is 8.40. The largest absolute Gasteiger partial charge is 0.464 e. The Morgan fingerprint density at radius 2 is 2.16 bits per heavy atom. The second-order valence-corrected chi connectivity index (χ2v) is 4.19. The fourth-order valence-electron chi connectivity index (χ4n) is 1.52. The van der Waals surface area contributed by atoms with Gasteiger partial charge in [0.2, 0.25) is 0 Å². The zero-order chi connectivity index (χ0) is 13.8. The predicted molar refractivity (Wildman–Crippen MR) is 74.7 cm³/mol. The number of nitrogens with one attached hydrogen (secondary N) is 1. The molecule has 0 aliphatic rings. The highest BCUT2D eigenvalue weighted by atomic mass is 35.5. The molecule has 0 saturated heterocycles. The van der Waals surface area contributed by atoms with E-state index in [4.69, 9.17) is 17.3 Å². The van der Waals surface area contributed by atoms with E-state index in [2.05, 4.69) is 15.0 Å². The van der Waals surface area contributed by atoms with Crippen LogP contribution in [0.4, 0.5) is 17.1 Å². The zero-order valence-electron chi connectivity index (χ0n) is 10.2. The lowest BCUT2D eigenvalue weighted by atomic mass is 10.2. The van der Waals surface area contributed by atoms with Crippen LogP contribution in [0.2, 0.25) is 5.02 Å². The van der Waals surface area contributed by atoms with Crippen LogP contribution in [0.25, 0.3) is 0 Å². The Morgan fingerprint density at radius 3 is 2.89 bits per heavy atom. The van der Waals surface area contributed by atoms with Crippen molar-refractivity contribution < 1.29 is 9.53 Å². The van der Waals surface area contributed by atoms with E-state index in [-0.39, 0.29) is 5.69 Å². The zero-order valence-corrected chi connectivity index (χ0v) is 10.9. The number of aromatic nitrogens is 1. The lowest BCUT2D eigenvalue weighted by Gasteiger charge is -2.09. The van der Waals surface area contributed by atoms with E-state index < -0.39 is 5.97 Å². The van der Waals surface area contributed by atoms with Crippen molar-refractivity contribution in [3.05, 3.63) is 47.2 Å². The van der Waals surface area contributed by atoms with Crippen LogP contribution in [0, 0.1) is 0 Å². The van der Waals surface area contributed by atoms with Crippen LogP contribution >= 0.6 is 11.6 Å². The van der Waals surface area contributed by atoms with Crippen molar-refractivity contribution in [3.8, 4) is 0 Å². The van der Waals surface area contributed by atoms with E-state index in [1.165, 1.54) is 13.3 Å². The van der Waals surface area contributed by atoms with E-state index in [9.17, 15) is 4.79 Å². The molecule has 2 rings (SSSR count). The van der Waals surface area contributed by atoms with Crippen molar-refractivity contribution in [1.29, 1.82) is 0 Å². The molecule has 0 amide bonds. The van der Waals surface area contributed by atoms with Crippen LogP contribution in [-0.4, -0.2) is 18.1 Å². The molecule has 1 heterocycles. The number of nitrogens with two attached hydrogens (primary N) is 1. The van der Waals surface area contributed by atoms with Gasteiger partial charge in [-0.25, -0.2) is 9.78 Å². The number of carbonyl (C=O) groups excluding carboxylic acids is 1. The maximum atomic E-state index is 11.4. The quantitative estimate of drug-likeness (QED) is 0.666. The first kappa shape index (κ1) is 13.2. The van der Waals surface area contributed by atoms with Crippen molar-refractivity contribution in [3.63, 3.8) is 0 Å². The molecule has 0 fully saturated rings. The second-order valence-electron chi connectivity index (χ2n) is 3.79. The van der Waals surface area contributed by atoms with Gasteiger partial charge in [0.1, 0.15) is 5.69 Å². The minimum Gasteiger partial charge on any atom is -0.464 e. The fourth-order valence-corrected chi connectivity index (χ4v) is 1.68. The number of pyridine rings is 1. The summed E-state index contributed by atoms with van der Waals surface area (Å²) in [5.41, 5.74) is 7.83. The number of hydrogen-bond donors (Lipinski definition) is 2. The molecular weight excluding hydrogens is 266 g/mol. The van der Waals surface area contributed by atoms with E-state index in [1.807, 2.05) is 0 Å². The fraction of sp³-hybridized carbons (Fsp3) is 0.0769. The van der Waals surface area contributed by atoms with Gasteiger partial charge >= 0.3 is 5.97 Å². The summed E-state index contributed by atoms with van der Waals surface area (Å²) in [5, 5.41) is 3.61. The molecule has 19 heavy (non-hydrogen) atoms. The maximum absolute atomic E-state index is 11.4. The molecular formula is C13H12ClN3O2. The molecule has 2 aromatic rings. The van der Waals surface area contributed by atoms with Crippen molar-refractivity contribution in [2.45, 2.75) is 0 Å². The molecule has 98 valence electrons. The highest BCUT2D eigenvalue weighted by Gasteiger charge is 2.08. The molecule has 1 aromatic carbocycles. The van der Waals surface area contributed by atoms with Gasteiger partial charge in [0.25, 0.3) is 0 Å². The number of nitrogen functional groups attached to an aromatic ring is 1. The maximum Gasteiger partial charge on any atom is 0.356 e. The number of nitrogens with zero attached hydrogens (tertiary/aromatic N) is 1. The van der Waals surface area contributed by atoms with Gasteiger partial charge < -0.3 is 15.8 Å². The number of rotatable bonds is 3. The van der Waals surface area contributed by atoms with Crippen molar-refractivity contribution >= 4 is 34.6 Å². The van der Waals surface area contributed by atoms with Crippen LogP contribution < -0.4 is 11.1 Å². The first-order chi connectivity index (χ1) is 9.10. The van der Waals surface area contributed by atoms with Crippen LogP contribution in [0.5, 0.6) is 0 Å². The third-order valence-corrected chi connectivity index (χ3v) is 2.75. The first-order valence-electron chi connectivity index (χ1n) is 5.46. The van der Waals surface area contributed by atoms with Gasteiger partial charge in [-0.05, 0) is 30.3 Å². The summed E-state index contributed by atoms with van der Waals surface area (Å²) >= 11 is 6.05. The Balaban J connectivity index is 2.28. The lowest BCUT2D eigenvalue weighted by Crippen LogP contribution is -2.04. The number of hydrogen-bond acceptors (Lipinski definition) is 5. The summed E-state index contributed by atoms with van der Waals surface area (Å²) in [6.07, 6.45) is 1.51. The third kappa shape index (κ3) is 3.14. The summed E-state index contributed by atoms with van der Waals surface area (Å²) in [5.74, 6) is -0.498. The topological polar surface area (TPSA) is 77.2 Å². The van der Waals surface area contributed by atoms with Crippen LogP contribution in [0.1, 0.15) is 10.5 Å². The van der Waals surface area contributed by atoms with Gasteiger partial charge in [-0.2, -0.15) is 0 Å². The van der Waals surface area contributed by atoms with Gasteiger partial charge in [-0.15, -0.1) is 0 Å². The Hall–Kier alpha value is -2.27. The molecule has 0 aliphatic carbocycles. The Labute approximate surface area is 115 Å². The minimum absolute atomic E-state index is 0.215. The monoisotopic (exact) mass is 277 g/mol. The summed E-state index contributed by atoms with van der Waals surface area (Å²) < 4.78 is 4.61. The molecule has 0 saturated carbocycles. The van der Waals surface area contributed by atoms with Gasteiger partial charge in [-0.1, -0.05) is 11.6 Å². The molecule has 0 aliphatic heterocycles. The number of methoxy groups -OCH3 is 1. The molecule has 0 atom stereocenters. The highest BCUT2D eigenvalue weighted by Crippen LogP contribution is 2.27. The molecule has 5 nitrogen and oxygen atoms in total. The number of ether oxygens (including phenoxy) is 1. The standard InChI is InChI=1S/C13H12ClN3O2/c1-19-13(18)12-7-9(4-5-16-12)17-11-6-8(15)2-3-10(11)14/h2-7H,15H2,1H3,(H,16,17). The Morgan fingerprint density at radius 1 is 1.37 bits per heavy atom. The SMILES string of the molecule is COC(=O)c1cc(Nc2cc(N)ccc2Cl)ccn1. The Bertz CT molecular complexity index is 617. The second kappa shape index (κ2) is 5.58. The molecule has 3 N–H and O–H groups in total. The van der Waals surface area contributed by atoms with E-state index in [0.717, 1.165) is 0 Å². The average molecular weight is 278 g/mol. The molecule has 1 aromatic heterocycles. The van der Waals surface area contributed by atoms with Crippen molar-refractivity contribution in [1.82, 2.24) is 4.98 Å². The molecule has 0 radical (unpaired) electrons. The number of esters is 1. The van der Waals surface area contributed by atoms with Crippen LogP contribution in [0.3, 0.4) is 0 Å². The lowest BCUT2D eigenvalue weighted by molar-refractivity contribution is 0.0594. The smallest absolute Gasteiger partial charge is 0.356 e. The van der Waals surface area contributed by atoms with E-state index in [1.54, 1.807) is 30.3 Å². The van der Waals surface area contributed by atoms with Crippen LogP contribution in [0.15, 0.2) is 36.5 Å². The van der Waals surface area contributed by atoms with Crippen molar-refractivity contribution in [2.75, 3.05) is 18.2 Å². The normalized spacial score (nSPS) is 10.0. The predicted octanol–water partition coefficient (Wildman–Crippen LogP) is 2.85. The van der Waals surface area contributed by atoms with Crippen molar-refractivity contribution in [2.24, 2.45) is 0 Å². The third-order valence-electron chi connectivity index (χ3n) is 2.42. The van der Waals surface area contributed by atoms with Crippen LogP contribution in [-0.2, 0) is 4.74 Å². The molecule has 0 unspecified atom stereocenters. The highest BCUT2D eigenvalue weighted by molar-refractivity contribution is 6.33. The van der Waals surface area contributed by atoms with Gasteiger partial charge in [0.15, 0.2) is 0 Å². The number of halogens is 1.